The lowest BCUT2D eigenvalue weighted by molar-refractivity contribution is 0.0755. The van der Waals surface area contributed by atoms with Crippen molar-refractivity contribution in [1.82, 2.24) is 15.0 Å². The SMILES string of the molecule is CCOc1cc(C2=NN(C(=O)c3sc(-c4ncccc4O)nc3C)CCC2)ccc1OC. The Morgan fingerprint density at radius 3 is 2.88 bits per heavy atom. The molecule has 3 aromatic rings. The van der Waals surface area contributed by atoms with E-state index in [0.717, 1.165) is 24.1 Å². The van der Waals surface area contributed by atoms with Crippen LogP contribution < -0.4 is 9.47 Å². The first kappa shape index (κ1) is 21.8. The van der Waals surface area contributed by atoms with Crippen LogP contribution in [-0.4, -0.2) is 52.0 Å². The van der Waals surface area contributed by atoms with Crippen molar-refractivity contribution in [3.8, 4) is 28.0 Å². The Balaban J connectivity index is 1.62. The van der Waals surface area contributed by atoms with Crippen LogP contribution >= 0.6 is 11.3 Å². The number of carbonyl (C=O) groups excluding carboxylic acids is 1. The minimum absolute atomic E-state index is 0.0307. The van der Waals surface area contributed by atoms with Crippen molar-refractivity contribution in [1.29, 1.82) is 0 Å². The first-order valence-electron chi connectivity index (χ1n) is 10.3. The van der Waals surface area contributed by atoms with E-state index in [1.54, 1.807) is 32.4 Å². The van der Waals surface area contributed by atoms with Crippen molar-refractivity contribution in [2.24, 2.45) is 5.10 Å². The van der Waals surface area contributed by atoms with Gasteiger partial charge in [0.2, 0.25) is 0 Å². The van der Waals surface area contributed by atoms with E-state index in [1.807, 2.05) is 25.1 Å². The molecular formula is C23H24N4O4S. The number of hydrogen-bond donors (Lipinski definition) is 1. The van der Waals surface area contributed by atoms with E-state index in [9.17, 15) is 9.90 Å². The Bertz CT molecular complexity index is 1170. The molecule has 0 bridgehead atoms. The third kappa shape index (κ3) is 4.29. The van der Waals surface area contributed by atoms with E-state index in [-0.39, 0.29) is 11.7 Å². The molecule has 0 aliphatic carbocycles. The van der Waals surface area contributed by atoms with E-state index >= 15 is 0 Å². The maximum Gasteiger partial charge on any atom is 0.285 e. The molecule has 0 spiro atoms. The standard InChI is InChI=1S/C23H24N4O4S/c1-4-31-19-13-15(9-10-18(19)30-3)16-7-6-12-27(26-16)23(29)21-14(2)25-22(32-21)20-17(28)8-5-11-24-20/h5,8-11,13,28H,4,6-7,12H2,1-3H3. The molecule has 0 unspecified atom stereocenters. The molecular weight excluding hydrogens is 428 g/mol. The average Bonchev–Trinajstić information content (AvgIpc) is 3.20. The van der Waals surface area contributed by atoms with Crippen LogP contribution in [0.4, 0.5) is 0 Å². The van der Waals surface area contributed by atoms with Gasteiger partial charge in [-0.2, -0.15) is 5.10 Å². The normalized spacial score (nSPS) is 13.6. The number of ether oxygens (including phenoxy) is 2. The number of thiazole rings is 1. The molecule has 32 heavy (non-hydrogen) atoms. The van der Waals surface area contributed by atoms with Gasteiger partial charge in [0.1, 0.15) is 21.3 Å². The second-order valence-electron chi connectivity index (χ2n) is 7.18. The van der Waals surface area contributed by atoms with Gasteiger partial charge in [0.15, 0.2) is 11.5 Å². The lowest BCUT2D eigenvalue weighted by atomic mass is 10.0. The van der Waals surface area contributed by atoms with Crippen LogP contribution in [-0.2, 0) is 0 Å². The monoisotopic (exact) mass is 452 g/mol. The summed E-state index contributed by atoms with van der Waals surface area (Å²) < 4.78 is 11.0. The Kier molecular flexibility index (Phi) is 6.36. The number of aromatic nitrogens is 2. The quantitative estimate of drug-likeness (QED) is 0.600. The summed E-state index contributed by atoms with van der Waals surface area (Å²) in [6.07, 6.45) is 3.14. The molecule has 3 heterocycles. The van der Waals surface area contributed by atoms with Gasteiger partial charge in [-0.25, -0.2) is 15.0 Å². The number of nitrogens with zero attached hydrogens (tertiary/aromatic N) is 4. The molecule has 0 radical (unpaired) electrons. The molecule has 0 saturated carbocycles. The highest BCUT2D eigenvalue weighted by molar-refractivity contribution is 7.17. The molecule has 1 aromatic carbocycles. The van der Waals surface area contributed by atoms with Gasteiger partial charge in [0.05, 0.1) is 25.1 Å². The summed E-state index contributed by atoms with van der Waals surface area (Å²) in [5.41, 5.74) is 2.67. The van der Waals surface area contributed by atoms with Gasteiger partial charge in [-0.05, 0) is 57.0 Å². The molecule has 166 valence electrons. The second kappa shape index (κ2) is 9.35. The predicted octanol–water partition coefficient (Wildman–Crippen LogP) is 4.27. The van der Waals surface area contributed by atoms with Crippen LogP contribution in [0, 0.1) is 6.92 Å². The van der Waals surface area contributed by atoms with Crippen molar-refractivity contribution in [3.05, 3.63) is 52.7 Å². The number of carbonyl (C=O) groups is 1. The summed E-state index contributed by atoms with van der Waals surface area (Å²) in [4.78, 5) is 22.4. The summed E-state index contributed by atoms with van der Waals surface area (Å²) >= 11 is 1.21. The number of hydrogen-bond acceptors (Lipinski definition) is 8. The zero-order chi connectivity index (χ0) is 22.7. The summed E-state index contributed by atoms with van der Waals surface area (Å²) in [5, 5.41) is 16.7. The largest absolute Gasteiger partial charge is 0.506 e. The molecule has 1 aliphatic heterocycles. The predicted molar refractivity (Wildman–Crippen MR) is 123 cm³/mol. The summed E-state index contributed by atoms with van der Waals surface area (Å²) in [6.45, 7) is 4.74. The van der Waals surface area contributed by atoms with Crippen molar-refractivity contribution in [2.75, 3.05) is 20.3 Å². The van der Waals surface area contributed by atoms with Gasteiger partial charge in [-0.1, -0.05) is 0 Å². The molecule has 0 saturated heterocycles. The minimum Gasteiger partial charge on any atom is -0.506 e. The highest BCUT2D eigenvalue weighted by Gasteiger charge is 2.26. The first-order valence-corrected chi connectivity index (χ1v) is 11.2. The van der Waals surface area contributed by atoms with Gasteiger partial charge >= 0.3 is 0 Å². The van der Waals surface area contributed by atoms with Crippen molar-refractivity contribution in [2.45, 2.75) is 26.7 Å². The number of aromatic hydroxyl groups is 1. The number of aryl methyl sites for hydroxylation is 1. The maximum atomic E-state index is 13.3. The van der Waals surface area contributed by atoms with Crippen LogP contribution in [0.3, 0.4) is 0 Å². The Labute approximate surface area is 190 Å². The van der Waals surface area contributed by atoms with E-state index in [4.69, 9.17) is 9.47 Å². The first-order chi connectivity index (χ1) is 15.5. The lowest BCUT2D eigenvalue weighted by Crippen LogP contribution is -2.32. The maximum absolute atomic E-state index is 13.3. The fourth-order valence-electron chi connectivity index (χ4n) is 3.49. The van der Waals surface area contributed by atoms with E-state index in [1.165, 1.54) is 16.3 Å². The van der Waals surface area contributed by atoms with Gasteiger partial charge in [0.25, 0.3) is 5.91 Å². The van der Waals surface area contributed by atoms with Gasteiger partial charge in [-0.3, -0.25) is 4.79 Å². The van der Waals surface area contributed by atoms with Crippen molar-refractivity contribution >= 4 is 23.0 Å². The topological polar surface area (TPSA) is 97.1 Å². The number of methoxy groups -OCH3 is 1. The molecule has 4 rings (SSSR count). The fourth-order valence-corrected chi connectivity index (χ4v) is 4.51. The highest BCUT2D eigenvalue weighted by Crippen LogP contribution is 2.33. The fraction of sp³-hybridized carbons (Fsp3) is 0.304. The second-order valence-corrected chi connectivity index (χ2v) is 8.18. The Hall–Kier alpha value is -3.46. The molecule has 0 atom stereocenters. The van der Waals surface area contributed by atoms with Crippen molar-refractivity contribution in [3.63, 3.8) is 0 Å². The van der Waals surface area contributed by atoms with E-state index in [0.29, 0.717) is 45.9 Å². The van der Waals surface area contributed by atoms with E-state index in [2.05, 4.69) is 15.1 Å². The molecule has 1 N–H and O–H groups in total. The molecule has 2 aromatic heterocycles. The van der Waals surface area contributed by atoms with Crippen LogP contribution in [0.2, 0.25) is 0 Å². The number of rotatable bonds is 6. The molecule has 1 aliphatic rings. The highest BCUT2D eigenvalue weighted by atomic mass is 32.1. The number of amides is 1. The Morgan fingerprint density at radius 1 is 1.28 bits per heavy atom. The number of benzene rings is 1. The van der Waals surface area contributed by atoms with Crippen LogP contribution in [0.25, 0.3) is 10.7 Å². The Morgan fingerprint density at radius 2 is 2.12 bits per heavy atom. The van der Waals surface area contributed by atoms with Gasteiger partial charge in [0, 0.05) is 18.3 Å². The summed E-state index contributed by atoms with van der Waals surface area (Å²) in [7, 11) is 1.60. The average molecular weight is 453 g/mol. The number of pyridine rings is 1. The zero-order valence-electron chi connectivity index (χ0n) is 18.2. The lowest BCUT2D eigenvalue weighted by Gasteiger charge is -2.23. The van der Waals surface area contributed by atoms with Crippen LogP contribution in [0.1, 0.15) is 40.7 Å². The smallest absolute Gasteiger partial charge is 0.285 e. The van der Waals surface area contributed by atoms with Gasteiger partial charge < -0.3 is 14.6 Å². The molecule has 9 heteroatoms. The van der Waals surface area contributed by atoms with E-state index < -0.39 is 0 Å². The zero-order valence-corrected chi connectivity index (χ0v) is 19.0. The molecule has 8 nitrogen and oxygen atoms in total. The van der Waals surface area contributed by atoms with Gasteiger partial charge in [-0.15, -0.1) is 11.3 Å². The van der Waals surface area contributed by atoms with Crippen molar-refractivity contribution < 1.29 is 19.4 Å². The number of hydrazone groups is 1. The minimum atomic E-state index is -0.211. The summed E-state index contributed by atoms with van der Waals surface area (Å²) in [5.74, 6) is 1.13. The van der Waals surface area contributed by atoms with Crippen LogP contribution in [0.15, 0.2) is 41.6 Å². The van der Waals surface area contributed by atoms with Crippen LogP contribution in [0.5, 0.6) is 17.2 Å². The third-order valence-electron chi connectivity index (χ3n) is 5.04. The third-order valence-corrected chi connectivity index (χ3v) is 6.19. The molecule has 1 amide bonds. The molecule has 0 fully saturated rings. The summed E-state index contributed by atoms with van der Waals surface area (Å²) in [6, 6.07) is 8.87.